The van der Waals surface area contributed by atoms with E-state index in [0.717, 1.165) is 36.5 Å². The van der Waals surface area contributed by atoms with E-state index in [2.05, 4.69) is 25.3 Å². The molecular weight excluding hydrogens is 265 g/mol. The normalized spacial score (nSPS) is 11.3. The largest absolute Gasteiger partial charge is 0.383 e. The molecular formula is C17H24FN3. The molecule has 2 aromatic rings. The van der Waals surface area contributed by atoms with Gasteiger partial charge in [0.05, 0.1) is 0 Å². The lowest BCUT2D eigenvalue weighted by molar-refractivity contribution is 0.510. The van der Waals surface area contributed by atoms with Gasteiger partial charge in [0.2, 0.25) is 0 Å². The summed E-state index contributed by atoms with van der Waals surface area (Å²) >= 11 is 0. The number of hydrogen-bond donors (Lipinski definition) is 1. The Hall–Kier alpha value is -1.84. The predicted molar refractivity (Wildman–Crippen MR) is 85.6 cm³/mol. The van der Waals surface area contributed by atoms with E-state index in [1.54, 1.807) is 13.0 Å². The van der Waals surface area contributed by atoms with Gasteiger partial charge in [-0.05, 0) is 43.0 Å². The van der Waals surface area contributed by atoms with Gasteiger partial charge in [0.1, 0.15) is 23.2 Å². The average molecular weight is 289 g/mol. The van der Waals surface area contributed by atoms with Gasteiger partial charge in [0, 0.05) is 18.5 Å². The fourth-order valence-electron chi connectivity index (χ4n) is 2.50. The molecule has 3 nitrogen and oxygen atoms in total. The molecule has 2 N–H and O–H groups in total. The van der Waals surface area contributed by atoms with Crippen molar-refractivity contribution in [2.45, 2.75) is 47.1 Å². The molecule has 0 spiro atoms. The molecule has 0 saturated heterocycles. The van der Waals surface area contributed by atoms with Crippen molar-refractivity contribution in [3.05, 3.63) is 35.4 Å². The fraction of sp³-hybridized carbons (Fsp3) is 0.471. The molecule has 0 bridgehead atoms. The molecule has 0 fully saturated rings. The first-order valence-corrected chi connectivity index (χ1v) is 7.55. The van der Waals surface area contributed by atoms with E-state index in [-0.39, 0.29) is 5.82 Å². The molecule has 114 valence electrons. The highest BCUT2D eigenvalue weighted by molar-refractivity contribution is 5.71. The molecule has 1 aromatic heterocycles. The van der Waals surface area contributed by atoms with Crippen LogP contribution in [0.2, 0.25) is 0 Å². The Labute approximate surface area is 126 Å². The van der Waals surface area contributed by atoms with E-state index in [4.69, 9.17) is 10.7 Å². The fourth-order valence-corrected chi connectivity index (χ4v) is 2.50. The van der Waals surface area contributed by atoms with Gasteiger partial charge in [0.25, 0.3) is 0 Å². The molecule has 0 radical (unpaired) electrons. The maximum Gasteiger partial charge on any atom is 0.131 e. The van der Waals surface area contributed by atoms with Crippen molar-refractivity contribution in [3.8, 4) is 11.3 Å². The zero-order valence-electron chi connectivity index (χ0n) is 13.3. The van der Waals surface area contributed by atoms with Crippen LogP contribution in [0.3, 0.4) is 0 Å². The van der Waals surface area contributed by atoms with Gasteiger partial charge in [-0.1, -0.05) is 20.8 Å². The number of halogens is 1. The third-order valence-corrected chi connectivity index (χ3v) is 3.54. The van der Waals surface area contributed by atoms with Crippen molar-refractivity contribution < 1.29 is 4.39 Å². The van der Waals surface area contributed by atoms with Crippen LogP contribution in [0.5, 0.6) is 0 Å². The summed E-state index contributed by atoms with van der Waals surface area (Å²) in [5.41, 5.74) is 8.57. The Morgan fingerprint density at radius 3 is 2.62 bits per heavy atom. The zero-order chi connectivity index (χ0) is 15.6. The monoisotopic (exact) mass is 289 g/mol. The van der Waals surface area contributed by atoms with Crippen LogP contribution in [0.1, 0.15) is 38.6 Å². The van der Waals surface area contributed by atoms with E-state index in [1.165, 1.54) is 6.07 Å². The van der Waals surface area contributed by atoms with Crippen molar-refractivity contribution in [2.24, 2.45) is 5.92 Å². The SMILES string of the molecule is CCCc1nc(-c2ccc(F)c(C)c2)c(N)n1CC(C)C. The minimum Gasteiger partial charge on any atom is -0.383 e. The van der Waals surface area contributed by atoms with Crippen LogP contribution in [-0.2, 0) is 13.0 Å². The van der Waals surface area contributed by atoms with Crippen LogP contribution in [0.4, 0.5) is 10.2 Å². The summed E-state index contributed by atoms with van der Waals surface area (Å²) in [5, 5.41) is 0. The number of aryl methyl sites for hydroxylation is 2. The number of anilines is 1. The summed E-state index contributed by atoms with van der Waals surface area (Å²) in [6.07, 6.45) is 1.92. The molecule has 2 rings (SSSR count). The molecule has 0 unspecified atom stereocenters. The Balaban J connectivity index is 2.50. The Morgan fingerprint density at radius 1 is 1.33 bits per heavy atom. The molecule has 0 saturated carbocycles. The summed E-state index contributed by atoms with van der Waals surface area (Å²) in [6.45, 7) is 9.07. The summed E-state index contributed by atoms with van der Waals surface area (Å²) in [5.74, 6) is 1.99. The molecule has 0 aliphatic carbocycles. The highest BCUT2D eigenvalue weighted by Crippen LogP contribution is 2.29. The number of nitrogen functional groups attached to an aromatic ring is 1. The maximum absolute atomic E-state index is 13.4. The summed E-state index contributed by atoms with van der Waals surface area (Å²) in [6, 6.07) is 5.03. The third-order valence-electron chi connectivity index (χ3n) is 3.54. The first-order chi connectivity index (χ1) is 9.93. The van der Waals surface area contributed by atoms with Gasteiger partial charge < -0.3 is 10.3 Å². The van der Waals surface area contributed by atoms with Crippen LogP contribution in [0, 0.1) is 18.7 Å². The predicted octanol–water partition coefficient (Wildman–Crippen LogP) is 4.19. The number of benzene rings is 1. The van der Waals surface area contributed by atoms with Crippen molar-refractivity contribution >= 4 is 5.82 Å². The average Bonchev–Trinajstić information content (AvgIpc) is 2.71. The van der Waals surface area contributed by atoms with E-state index < -0.39 is 0 Å². The lowest BCUT2D eigenvalue weighted by Crippen LogP contribution is -2.11. The molecule has 0 aliphatic rings. The van der Waals surface area contributed by atoms with Crippen molar-refractivity contribution in [1.29, 1.82) is 0 Å². The first kappa shape index (κ1) is 15.5. The second-order valence-electron chi connectivity index (χ2n) is 5.98. The molecule has 1 heterocycles. The highest BCUT2D eigenvalue weighted by Gasteiger charge is 2.17. The van der Waals surface area contributed by atoms with E-state index in [1.807, 2.05) is 6.07 Å². The van der Waals surface area contributed by atoms with E-state index in [0.29, 0.717) is 17.3 Å². The van der Waals surface area contributed by atoms with Crippen LogP contribution >= 0.6 is 0 Å². The molecule has 0 atom stereocenters. The molecule has 0 amide bonds. The number of nitrogens with two attached hydrogens (primary N) is 1. The second-order valence-corrected chi connectivity index (χ2v) is 5.98. The van der Waals surface area contributed by atoms with Gasteiger partial charge in [-0.2, -0.15) is 0 Å². The van der Waals surface area contributed by atoms with Crippen molar-refractivity contribution in [3.63, 3.8) is 0 Å². The van der Waals surface area contributed by atoms with Gasteiger partial charge in [0.15, 0.2) is 0 Å². The van der Waals surface area contributed by atoms with Crippen LogP contribution in [0.15, 0.2) is 18.2 Å². The number of rotatable bonds is 5. The summed E-state index contributed by atoms with van der Waals surface area (Å²) < 4.78 is 15.5. The third kappa shape index (κ3) is 3.26. The minimum atomic E-state index is -0.201. The van der Waals surface area contributed by atoms with Crippen molar-refractivity contribution in [1.82, 2.24) is 9.55 Å². The quantitative estimate of drug-likeness (QED) is 0.897. The van der Waals surface area contributed by atoms with Gasteiger partial charge in [-0.25, -0.2) is 9.37 Å². The second kappa shape index (κ2) is 6.29. The summed E-state index contributed by atoms with van der Waals surface area (Å²) in [7, 11) is 0. The molecule has 4 heteroatoms. The Morgan fingerprint density at radius 2 is 2.05 bits per heavy atom. The van der Waals surface area contributed by atoms with Crippen LogP contribution in [-0.4, -0.2) is 9.55 Å². The smallest absolute Gasteiger partial charge is 0.131 e. The number of aromatic nitrogens is 2. The molecule has 1 aromatic carbocycles. The Kier molecular flexibility index (Phi) is 4.66. The van der Waals surface area contributed by atoms with Crippen LogP contribution in [0.25, 0.3) is 11.3 Å². The lowest BCUT2D eigenvalue weighted by Gasteiger charge is -2.12. The van der Waals surface area contributed by atoms with Gasteiger partial charge >= 0.3 is 0 Å². The molecule has 0 aliphatic heterocycles. The minimum absolute atomic E-state index is 0.201. The van der Waals surface area contributed by atoms with Crippen molar-refractivity contribution in [2.75, 3.05) is 5.73 Å². The van der Waals surface area contributed by atoms with E-state index in [9.17, 15) is 4.39 Å². The van der Waals surface area contributed by atoms with Gasteiger partial charge in [-0.15, -0.1) is 0 Å². The number of nitrogens with zero attached hydrogens (tertiary/aromatic N) is 2. The van der Waals surface area contributed by atoms with E-state index >= 15 is 0 Å². The molecule has 21 heavy (non-hydrogen) atoms. The highest BCUT2D eigenvalue weighted by atomic mass is 19.1. The first-order valence-electron chi connectivity index (χ1n) is 7.55. The number of imidazole rings is 1. The van der Waals surface area contributed by atoms with Gasteiger partial charge in [-0.3, -0.25) is 0 Å². The summed E-state index contributed by atoms with van der Waals surface area (Å²) in [4.78, 5) is 4.71. The standard InChI is InChI=1S/C17H24FN3/c1-5-6-15-20-16(17(19)21(15)10-11(2)3)13-7-8-14(18)12(4)9-13/h7-9,11H,5-6,10,19H2,1-4H3. The maximum atomic E-state index is 13.4. The number of hydrogen-bond acceptors (Lipinski definition) is 2. The lowest BCUT2D eigenvalue weighted by atomic mass is 10.1. The topological polar surface area (TPSA) is 43.8 Å². The zero-order valence-corrected chi connectivity index (χ0v) is 13.3. The Bertz CT molecular complexity index is 629. The van der Waals surface area contributed by atoms with Crippen LogP contribution < -0.4 is 5.73 Å².